The molecule has 35 heavy (non-hydrogen) atoms. The molecule has 0 aliphatic heterocycles. The molecule has 4 rings (SSSR count). The van der Waals surface area contributed by atoms with Crippen molar-refractivity contribution in [2.75, 3.05) is 6.61 Å². The summed E-state index contributed by atoms with van der Waals surface area (Å²) in [6.45, 7) is 6.36. The molecule has 0 spiro atoms. The van der Waals surface area contributed by atoms with Gasteiger partial charge in [-0.2, -0.15) is 0 Å². The first-order chi connectivity index (χ1) is 16.1. The van der Waals surface area contributed by atoms with Gasteiger partial charge in [0, 0.05) is 37.2 Å². The van der Waals surface area contributed by atoms with Crippen LogP contribution >= 0.6 is 0 Å². The van der Waals surface area contributed by atoms with Crippen LogP contribution in [0.2, 0.25) is 0 Å². The SMILES string of the molecule is CC(=O)OCC(=O)[C@@]1(O)[C@@H](C)C[C@H]2[C@@H]3C=C(OC(C)=O)C4=CC(=O)C=C[C@]4(C)[C@@]3(F)C(=O)C[C@@]21C. The largest absolute Gasteiger partial charge is 0.458 e. The summed E-state index contributed by atoms with van der Waals surface area (Å²) in [4.78, 5) is 62.1. The number of halogens is 1. The normalized spacial score (nSPS) is 41.7. The highest BCUT2D eigenvalue weighted by atomic mass is 19.1. The summed E-state index contributed by atoms with van der Waals surface area (Å²) in [5.74, 6) is -5.89. The first-order valence-electron chi connectivity index (χ1n) is 11.6. The number of allylic oxidation sites excluding steroid dienone is 5. The fourth-order valence-corrected chi connectivity index (χ4v) is 6.95. The molecule has 0 aromatic carbocycles. The van der Waals surface area contributed by atoms with E-state index in [1.165, 1.54) is 38.2 Å². The molecule has 4 aliphatic carbocycles. The molecule has 8 nitrogen and oxygen atoms in total. The number of hydrogen-bond donors (Lipinski definition) is 1. The van der Waals surface area contributed by atoms with Crippen LogP contribution in [0.5, 0.6) is 0 Å². The van der Waals surface area contributed by atoms with Gasteiger partial charge in [0.25, 0.3) is 0 Å². The third-order valence-electron chi connectivity index (χ3n) is 8.70. The topological polar surface area (TPSA) is 124 Å². The van der Waals surface area contributed by atoms with Crippen LogP contribution in [0, 0.1) is 28.6 Å². The lowest BCUT2D eigenvalue weighted by atomic mass is 9.46. The molecule has 0 heterocycles. The highest BCUT2D eigenvalue weighted by Crippen LogP contribution is 2.69. The molecule has 0 amide bonds. The molecule has 1 N–H and O–H groups in total. The minimum absolute atomic E-state index is 0.0117. The van der Waals surface area contributed by atoms with E-state index in [2.05, 4.69) is 0 Å². The molecule has 0 bridgehead atoms. The Bertz CT molecular complexity index is 1150. The number of ether oxygens (including phenoxy) is 2. The van der Waals surface area contributed by atoms with E-state index in [0.717, 1.165) is 6.92 Å². The highest BCUT2D eigenvalue weighted by molar-refractivity contribution is 6.04. The molecule has 2 fully saturated rings. The molecule has 0 aromatic rings. The Morgan fingerprint density at radius 3 is 2.43 bits per heavy atom. The minimum Gasteiger partial charge on any atom is -0.458 e. The van der Waals surface area contributed by atoms with Gasteiger partial charge < -0.3 is 14.6 Å². The summed E-state index contributed by atoms with van der Waals surface area (Å²) in [7, 11) is 0. The summed E-state index contributed by atoms with van der Waals surface area (Å²) in [5, 5.41) is 11.7. The second-order valence-electron chi connectivity index (χ2n) is 10.6. The van der Waals surface area contributed by atoms with Crippen molar-refractivity contribution in [1.29, 1.82) is 0 Å². The number of hydrogen-bond acceptors (Lipinski definition) is 8. The van der Waals surface area contributed by atoms with Gasteiger partial charge in [-0.25, -0.2) is 4.39 Å². The zero-order valence-electron chi connectivity index (χ0n) is 20.3. The van der Waals surface area contributed by atoms with Crippen LogP contribution in [0.3, 0.4) is 0 Å². The number of aliphatic hydroxyl groups is 1. The number of carbonyl (C=O) groups is 5. The van der Waals surface area contributed by atoms with Gasteiger partial charge >= 0.3 is 11.9 Å². The summed E-state index contributed by atoms with van der Waals surface area (Å²) < 4.78 is 27.5. The quantitative estimate of drug-likeness (QED) is 0.598. The first kappa shape index (κ1) is 25.2. The van der Waals surface area contributed by atoms with Crippen molar-refractivity contribution in [2.24, 2.45) is 28.6 Å². The number of esters is 2. The molecule has 4 aliphatic rings. The number of carbonyl (C=O) groups excluding carboxylic acids is 5. The van der Waals surface area contributed by atoms with Crippen molar-refractivity contribution in [2.45, 2.75) is 58.7 Å². The lowest BCUT2D eigenvalue weighted by molar-refractivity contribution is -0.183. The van der Waals surface area contributed by atoms with Gasteiger partial charge in [-0.15, -0.1) is 0 Å². The molecule has 2 saturated carbocycles. The predicted molar refractivity (Wildman–Crippen MR) is 119 cm³/mol. The van der Waals surface area contributed by atoms with E-state index in [9.17, 15) is 29.1 Å². The van der Waals surface area contributed by atoms with Gasteiger partial charge in [-0.05, 0) is 43.4 Å². The number of ketones is 3. The van der Waals surface area contributed by atoms with Crippen molar-refractivity contribution in [1.82, 2.24) is 0 Å². The van der Waals surface area contributed by atoms with E-state index in [0.29, 0.717) is 0 Å². The Balaban J connectivity index is 1.89. The van der Waals surface area contributed by atoms with Gasteiger partial charge in [-0.1, -0.05) is 19.9 Å². The zero-order chi connectivity index (χ0) is 26.1. The molecular weight excluding hydrogens is 459 g/mol. The van der Waals surface area contributed by atoms with Crippen LogP contribution in [0.15, 0.2) is 35.6 Å². The maximum absolute atomic E-state index is 17.2. The third-order valence-corrected chi connectivity index (χ3v) is 8.70. The monoisotopic (exact) mass is 488 g/mol. The van der Waals surface area contributed by atoms with E-state index in [4.69, 9.17) is 9.47 Å². The number of rotatable bonds is 4. The molecular formula is C26H29FO8. The summed E-state index contributed by atoms with van der Waals surface area (Å²) in [6.07, 6.45) is 4.82. The Morgan fingerprint density at radius 1 is 1.17 bits per heavy atom. The van der Waals surface area contributed by atoms with Crippen LogP contribution in [0.4, 0.5) is 4.39 Å². The fraction of sp³-hybridized carbons (Fsp3) is 0.577. The van der Waals surface area contributed by atoms with Gasteiger partial charge in [0.1, 0.15) is 11.4 Å². The summed E-state index contributed by atoms with van der Waals surface area (Å²) >= 11 is 0. The number of Topliss-reactive ketones (excluding diaryl/α,β-unsaturated/α-hetero) is 2. The average Bonchev–Trinajstić information content (AvgIpc) is 2.96. The maximum Gasteiger partial charge on any atom is 0.308 e. The van der Waals surface area contributed by atoms with E-state index < -0.39 is 82.2 Å². The summed E-state index contributed by atoms with van der Waals surface area (Å²) in [5.41, 5.74) is -7.43. The van der Waals surface area contributed by atoms with Crippen LogP contribution in [0.25, 0.3) is 0 Å². The fourth-order valence-electron chi connectivity index (χ4n) is 6.95. The van der Waals surface area contributed by atoms with Crippen molar-refractivity contribution in [3.8, 4) is 0 Å². The lowest BCUT2D eigenvalue weighted by Crippen LogP contribution is -2.67. The Labute approximate surface area is 202 Å². The van der Waals surface area contributed by atoms with E-state index >= 15 is 4.39 Å². The molecule has 188 valence electrons. The highest BCUT2D eigenvalue weighted by Gasteiger charge is 2.76. The first-order valence-corrected chi connectivity index (χ1v) is 11.6. The molecule has 0 radical (unpaired) electrons. The van der Waals surface area contributed by atoms with Crippen LogP contribution in [0.1, 0.15) is 47.5 Å². The lowest BCUT2D eigenvalue weighted by Gasteiger charge is -2.58. The van der Waals surface area contributed by atoms with Gasteiger partial charge in [0.15, 0.2) is 23.8 Å². The van der Waals surface area contributed by atoms with Gasteiger partial charge in [-0.3, -0.25) is 24.0 Å². The smallest absolute Gasteiger partial charge is 0.308 e. The molecule has 0 unspecified atom stereocenters. The Morgan fingerprint density at radius 2 is 1.83 bits per heavy atom. The summed E-state index contributed by atoms with van der Waals surface area (Å²) in [6, 6.07) is 0. The molecule has 9 heteroatoms. The minimum atomic E-state index is -2.51. The molecule has 0 saturated heterocycles. The number of alkyl halides is 1. The van der Waals surface area contributed by atoms with Crippen LogP contribution in [-0.2, 0) is 33.4 Å². The standard InChI is InChI=1S/C26H29FO8/c1-13-8-17-18-10-20(35-15(3)29)19-9-16(30)6-7-23(19,4)25(18,27)21(31)11-24(17,5)26(13,33)22(32)12-34-14(2)28/h6-7,9-10,13,17-18,33H,8,11-12H2,1-5H3/t13-,17-,18-,23-,24-,25-,26-/m0/s1. The van der Waals surface area contributed by atoms with Crippen molar-refractivity contribution in [3.05, 3.63) is 35.6 Å². The van der Waals surface area contributed by atoms with Crippen molar-refractivity contribution in [3.63, 3.8) is 0 Å². The van der Waals surface area contributed by atoms with Crippen molar-refractivity contribution >= 4 is 29.3 Å². The molecule has 7 atom stereocenters. The van der Waals surface area contributed by atoms with E-state index in [1.54, 1.807) is 13.8 Å². The van der Waals surface area contributed by atoms with Crippen LogP contribution in [-0.4, -0.2) is 52.3 Å². The van der Waals surface area contributed by atoms with Gasteiger partial charge in [0.05, 0.1) is 5.41 Å². The van der Waals surface area contributed by atoms with Crippen LogP contribution < -0.4 is 0 Å². The predicted octanol–water partition coefficient (Wildman–Crippen LogP) is 2.34. The Hall–Kier alpha value is -2.94. The van der Waals surface area contributed by atoms with Gasteiger partial charge in [0.2, 0.25) is 5.78 Å². The Kier molecular flexibility index (Phi) is 5.59. The zero-order valence-corrected chi connectivity index (χ0v) is 20.3. The third kappa shape index (κ3) is 3.16. The molecule has 0 aromatic heterocycles. The van der Waals surface area contributed by atoms with Crippen molar-refractivity contribution < 1.29 is 42.9 Å². The average molecular weight is 489 g/mol. The maximum atomic E-state index is 17.2. The second-order valence-corrected chi connectivity index (χ2v) is 10.6. The van der Waals surface area contributed by atoms with E-state index in [1.807, 2.05) is 0 Å². The van der Waals surface area contributed by atoms with E-state index in [-0.39, 0.29) is 17.8 Å². The second kappa shape index (κ2) is 7.78. The number of fused-ring (bicyclic) bond motifs is 5.